The second-order valence-electron chi connectivity index (χ2n) is 4.34. The lowest BCUT2D eigenvalue weighted by Gasteiger charge is -2.12. The molecule has 0 aliphatic carbocycles. The lowest BCUT2D eigenvalue weighted by molar-refractivity contribution is 0.794. The molecule has 1 aromatic heterocycles. The molecule has 118 valence electrons. The first-order valence-electron chi connectivity index (χ1n) is 6.47. The summed E-state index contributed by atoms with van der Waals surface area (Å²) in [5.41, 5.74) is 1.91. The molecule has 0 aliphatic rings. The molecule has 0 saturated carbocycles. The highest BCUT2D eigenvalue weighted by Gasteiger charge is 2.03. The van der Waals surface area contributed by atoms with Crippen LogP contribution in [0, 0.1) is 0 Å². The van der Waals surface area contributed by atoms with Gasteiger partial charge in [0.05, 0.1) is 12.2 Å². The van der Waals surface area contributed by atoms with Crippen molar-refractivity contribution in [2.75, 3.05) is 7.05 Å². The van der Waals surface area contributed by atoms with Crippen molar-refractivity contribution in [1.82, 2.24) is 15.6 Å². The van der Waals surface area contributed by atoms with Crippen LogP contribution < -0.4 is 10.6 Å². The summed E-state index contributed by atoms with van der Waals surface area (Å²) in [7, 11) is 1.72. The molecule has 7 heteroatoms. The fourth-order valence-electron chi connectivity index (χ4n) is 1.74. The fraction of sp³-hybridized carbons (Fsp3) is 0.200. The van der Waals surface area contributed by atoms with Crippen molar-refractivity contribution < 1.29 is 0 Å². The smallest absolute Gasteiger partial charge is 0.191 e. The summed E-state index contributed by atoms with van der Waals surface area (Å²) in [4.78, 5) is 8.41. The van der Waals surface area contributed by atoms with Crippen molar-refractivity contribution in [3.05, 3.63) is 63.9 Å². The minimum atomic E-state index is 0. The Hall–Kier alpha value is -1.05. The third-order valence-electron chi connectivity index (χ3n) is 2.85. The van der Waals surface area contributed by atoms with Gasteiger partial charge >= 0.3 is 0 Å². The van der Waals surface area contributed by atoms with Gasteiger partial charge in [0.25, 0.3) is 0 Å². The van der Waals surface area contributed by atoms with Crippen molar-refractivity contribution in [3.8, 4) is 0 Å². The maximum atomic E-state index is 6.13. The number of aliphatic imine (C=N–C) groups is 1. The molecule has 0 amide bonds. The van der Waals surface area contributed by atoms with Crippen LogP contribution in [0.4, 0.5) is 0 Å². The predicted molar refractivity (Wildman–Crippen MR) is 103 cm³/mol. The minimum absolute atomic E-state index is 0. The van der Waals surface area contributed by atoms with Gasteiger partial charge in [-0.3, -0.25) is 9.98 Å². The molecule has 0 spiro atoms. The van der Waals surface area contributed by atoms with E-state index in [1.54, 1.807) is 19.3 Å². The topological polar surface area (TPSA) is 49.3 Å². The van der Waals surface area contributed by atoms with Crippen molar-refractivity contribution in [3.63, 3.8) is 0 Å². The van der Waals surface area contributed by atoms with Crippen LogP contribution in [0.5, 0.6) is 0 Å². The molecule has 0 atom stereocenters. The maximum Gasteiger partial charge on any atom is 0.191 e. The molecule has 0 bridgehead atoms. The Morgan fingerprint density at radius 1 is 1.14 bits per heavy atom. The molecular weight excluding hydrogens is 434 g/mol. The van der Waals surface area contributed by atoms with Crippen LogP contribution in [0.15, 0.2) is 47.6 Å². The Bertz CT molecular complexity index is 620. The summed E-state index contributed by atoms with van der Waals surface area (Å²) < 4.78 is 0. The number of nitrogens with one attached hydrogen (secondary N) is 2. The average Bonchev–Trinajstić information content (AvgIpc) is 2.50. The van der Waals surface area contributed by atoms with Gasteiger partial charge in [0, 0.05) is 29.8 Å². The van der Waals surface area contributed by atoms with E-state index in [1.165, 1.54) is 0 Å². The van der Waals surface area contributed by atoms with Gasteiger partial charge in [-0.1, -0.05) is 35.3 Å². The number of hydrogen-bond acceptors (Lipinski definition) is 2. The van der Waals surface area contributed by atoms with Gasteiger partial charge < -0.3 is 10.6 Å². The largest absolute Gasteiger partial charge is 0.352 e. The zero-order valence-corrected chi connectivity index (χ0v) is 15.9. The van der Waals surface area contributed by atoms with Gasteiger partial charge in [-0.05, 0) is 29.8 Å². The van der Waals surface area contributed by atoms with Crippen LogP contribution in [0.1, 0.15) is 11.3 Å². The normalized spacial score (nSPS) is 10.8. The molecule has 1 aromatic carbocycles. The first kappa shape index (κ1) is 19.0. The number of guanidine groups is 1. The zero-order valence-electron chi connectivity index (χ0n) is 12.0. The first-order chi connectivity index (χ1) is 10.2. The number of rotatable bonds is 4. The lowest BCUT2D eigenvalue weighted by Crippen LogP contribution is -2.36. The number of benzene rings is 1. The SMILES string of the molecule is CN=C(NCc1ccccn1)NCc1ccc(Cl)cc1Cl.I. The summed E-state index contributed by atoms with van der Waals surface area (Å²) in [6.07, 6.45) is 1.76. The molecule has 1 heterocycles. The molecule has 2 rings (SSSR count). The van der Waals surface area contributed by atoms with Gasteiger partial charge in [0.2, 0.25) is 0 Å². The van der Waals surface area contributed by atoms with Crippen LogP contribution in [0.3, 0.4) is 0 Å². The van der Waals surface area contributed by atoms with E-state index in [2.05, 4.69) is 20.6 Å². The van der Waals surface area contributed by atoms with Crippen molar-refractivity contribution in [2.45, 2.75) is 13.1 Å². The highest BCUT2D eigenvalue weighted by Crippen LogP contribution is 2.20. The molecule has 2 N–H and O–H groups in total. The van der Waals surface area contributed by atoms with E-state index >= 15 is 0 Å². The lowest BCUT2D eigenvalue weighted by atomic mass is 10.2. The van der Waals surface area contributed by atoms with Crippen LogP contribution >= 0.6 is 47.2 Å². The van der Waals surface area contributed by atoms with E-state index in [4.69, 9.17) is 23.2 Å². The van der Waals surface area contributed by atoms with Gasteiger partial charge in [-0.2, -0.15) is 0 Å². The van der Waals surface area contributed by atoms with Crippen LogP contribution in [-0.4, -0.2) is 18.0 Å². The molecule has 0 saturated heterocycles. The Labute approximate surface area is 157 Å². The standard InChI is InChI=1S/C15H16Cl2N4.HI/c1-18-15(21-10-13-4-2-3-7-19-13)20-9-11-5-6-12(16)8-14(11)17;/h2-8H,9-10H2,1H3,(H2,18,20,21);1H. The Kier molecular flexibility index (Phi) is 8.52. The van der Waals surface area contributed by atoms with E-state index in [0.717, 1.165) is 11.3 Å². The monoisotopic (exact) mass is 450 g/mol. The Morgan fingerprint density at radius 2 is 1.91 bits per heavy atom. The molecular formula is C15H17Cl2IN4. The first-order valence-corrected chi connectivity index (χ1v) is 7.23. The second-order valence-corrected chi connectivity index (χ2v) is 5.18. The van der Waals surface area contributed by atoms with Crippen molar-refractivity contribution in [1.29, 1.82) is 0 Å². The Balaban J connectivity index is 0.00000242. The summed E-state index contributed by atoms with van der Waals surface area (Å²) in [5, 5.41) is 7.65. The summed E-state index contributed by atoms with van der Waals surface area (Å²) in [6, 6.07) is 11.2. The third-order valence-corrected chi connectivity index (χ3v) is 3.44. The highest BCUT2D eigenvalue weighted by molar-refractivity contribution is 14.0. The molecule has 22 heavy (non-hydrogen) atoms. The second kappa shape index (κ2) is 9.86. The van der Waals surface area contributed by atoms with Gasteiger partial charge in [0.1, 0.15) is 0 Å². The van der Waals surface area contributed by atoms with Gasteiger partial charge in [-0.15, -0.1) is 24.0 Å². The highest BCUT2D eigenvalue weighted by atomic mass is 127. The van der Waals surface area contributed by atoms with Crippen LogP contribution in [0.25, 0.3) is 0 Å². The van der Waals surface area contributed by atoms with Crippen molar-refractivity contribution >= 4 is 53.1 Å². The van der Waals surface area contributed by atoms with E-state index < -0.39 is 0 Å². The van der Waals surface area contributed by atoms with Crippen molar-refractivity contribution in [2.24, 2.45) is 4.99 Å². The summed E-state index contributed by atoms with van der Waals surface area (Å²) in [6.45, 7) is 1.17. The van der Waals surface area contributed by atoms with Gasteiger partial charge in [0.15, 0.2) is 5.96 Å². The number of nitrogens with zero attached hydrogens (tertiary/aromatic N) is 2. The van der Waals surface area contributed by atoms with E-state index in [9.17, 15) is 0 Å². The third kappa shape index (κ3) is 5.98. The molecule has 4 nitrogen and oxygen atoms in total. The summed E-state index contributed by atoms with van der Waals surface area (Å²) in [5.74, 6) is 0.687. The number of hydrogen-bond donors (Lipinski definition) is 2. The van der Waals surface area contributed by atoms with Crippen LogP contribution in [0.2, 0.25) is 10.0 Å². The molecule has 0 unspecified atom stereocenters. The minimum Gasteiger partial charge on any atom is -0.352 e. The molecule has 2 aromatic rings. The molecule has 0 fully saturated rings. The number of aromatic nitrogens is 1. The van der Waals surface area contributed by atoms with E-state index in [0.29, 0.717) is 29.1 Å². The quantitative estimate of drug-likeness (QED) is 0.422. The Morgan fingerprint density at radius 3 is 2.55 bits per heavy atom. The van der Waals surface area contributed by atoms with E-state index in [1.807, 2.05) is 30.3 Å². The molecule has 0 radical (unpaired) electrons. The maximum absolute atomic E-state index is 6.13. The fourth-order valence-corrected chi connectivity index (χ4v) is 2.22. The number of pyridine rings is 1. The summed E-state index contributed by atoms with van der Waals surface area (Å²) >= 11 is 12.0. The molecule has 0 aliphatic heterocycles. The van der Waals surface area contributed by atoms with Gasteiger partial charge in [-0.25, -0.2) is 0 Å². The average molecular weight is 451 g/mol. The number of halogens is 3. The zero-order chi connectivity index (χ0) is 15.1. The van der Waals surface area contributed by atoms with E-state index in [-0.39, 0.29) is 24.0 Å². The van der Waals surface area contributed by atoms with Crippen LogP contribution in [-0.2, 0) is 13.1 Å². The predicted octanol–water partition coefficient (Wildman–Crippen LogP) is 3.87.